The van der Waals surface area contributed by atoms with Crippen LogP contribution in [0.5, 0.6) is 5.75 Å². The zero-order valence-corrected chi connectivity index (χ0v) is 12.4. The first kappa shape index (κ1) is 16.3. The van der Waals surface area contributed by atoms with Crippen LogP contribution in [0.4, 0.5) is 0 Å². The van der Waals surface area contributed by atoms with Gasteiger partial charge in [0.15, 0.2) is 0 Å². The van der Waals surface area contributed by atoms with Crippen LogP contribution >= 0.6 is 0 Å². The van der Waals surface area contributed by atoms with Gasteiger partial charge in [-0.15, -0.1) is 0 Å². The third kappa shape index (κ3) is 4.42. The van der Waals surface area contributed by atoms with Gasteiger partial charge in [0.2, 0.25) is 0 Å². The van der Waals surface area contributed by atoms with E-state index >= 15 is 0 Å². The van der Waals surface area contributed by atoms with Gasteiger partial charge in [0.25, 0.3) is 0 Å². The lowest BCUT2D eigenvalue weighted by Crippen LogP contribution is -2.29. The normalized spacial score (nSPS) is 22.5. The highest BCUT2D eigenvalue weighted by atomic mass is 16.5. The summed E-state index contributed by atoms with van der Waals surface area (Å²) >= 11 is 0. The number of likely N-dealkylation sites (tertiary alicyclic amines) is 1. The van der Waals surface area contributed by atoms with Gasteiger partial charge < -0.3 is 24.3 Å². The van der Waals surface area contributed by atoms with Crippen molar-refractivity contribution in [1.29, 1.82) is 0 Å². The van der Waals surface area contributed by atoms with Crippen LogP contribution in [-0.4, -0.2) is 74.7 Å². The lowest BCUT2D eigenvalue weighted by atomic mass is 9.80. The summed E-state index contributed by atoms with van der Waals surface area (Å²) in [5.41, 5.74) is 0.452. The van der Waals surface area contributed by atoms with Crippen molar-refractivity contribution < 1.29 is 24.3 Å². The zero-order valence-electron chi connectivity index (χ0n) is 12.4. The van der Waals surface area contributed by atoms with Gasteiger partial charge >= 0.3 is 7.12 Å². The Bertz CT molecular complexity index is 416. The van der Waals surface area contributed by atoms with Crippen molar-refractivity contribution >= 4 is 12.6 Å². The molecule has 1 fully saturated rings. The van der Waals surface area contributed by atoms with Crippen molar-refractivity contribution in [2.24, 2.45) is 0 Å². The molecule has 1 aromatic carbocycles. The fourth-order valence-corrected chi connectivity index (χ4v) is 2.48. The lowest BCUT2D eigenvalue weighted by molar-refractivity contribution is -0.00461. The van der Waals surface area contributed by atoms with Crippen LogP contribution in [0.25, 0.3) is 0 Å². The van der Waals surface area contributed by atoms with Crippen LogP contribution in [0.3, 0.4) is 0 Å². The molecule has 0 spiro atoms. The molecule has 0 aromatic heterocycles. The summed E-state index contributed by atoms with van der Waals surface area (Å²) in [6, 6.07) is 6.73. The van der Waals surface area contributed by atoms with E-state index in [0.29, 0.717) is 17.8 Å². The molecule has 1 aliphatic heterocycles. The van der Waals surface area contributed by atoms with E-state index in [1.807, 2.05) is 0 Å². The maximum absolute atomic E-state index is 9.02. The van der Waals surface area contributed by atoms with Crippen LogP contribution in [0.2, 0.25) is 0 Å². The molecule has 21 heavy (non-hydrogen) atoms. The number of benzene rings is 1. The van der Waals surface area contributed by atoms with E-state index in [0.717, 1.165) is 19.6 Å². The van der Waals surface area contributed by atoms with Crippen LogP contribution < -0.4 is 10.2 Å². The maximum Gasteiger partial charge on any atom is 0.488 e. The largest absolute Gasteiger partial charge is 0.492 e. The molecular formula is C14H22BNO5. The highest BCUT2D eigenvalue weighted by Crippen LogP contribution is 2.15. The molecule has 1 saturated heterocycles. The molecule has 0 saturated carbocycles. The molecule has 7 heteroatoms. The number of nitrogens with zero attached hydrogens (tertiary/aromatic N) is 1. The molecular weight excluding hydrogens is 273 g/mol. The molecule has 0 amide bonds. The summed E-state index contributed by atoms with van der Waals surface area (Å²) in [7, 11) is 1.96. The van der Waals surface area contributed by atoms with Gasteiger partial charge in [0.1, 0.15) is 12.4 Å². The second-order valence-electron chi connectivity index (χ2n) is 5.10. The molecule has 1 heterocycles. The third-order valence-electron chi connectivity index (χ3n) is 3.75. The van der Waals surface area contributed by atoms with E-state index in [1.165, 1.54) is 0 Å². The summed E-state index contributed by atoms with van der Waals surface area (Å²) in [6.45, 7) is 3.04. The van der Waals surface area contributed by atoms with E-state index in [4.69, 9.17) is 24.3 Å². The number of hydrogen-bond donors (Lipinski definition) is 2. The fraction of sp³-hybridized carbons (Fsp3) is 0.571. The summed E-state index contributed by atoms with van der Waals surface area (Å²) in [6.07, 6.45) is 0.223. The standard InChI is InChI=1S/C14H22BNO5/c1-19-13-9-16(10-14(13)20-2)7-8-21-12-5-3-11(4-6-12)15(17)18/h3-6,13-14,17-18H,7-10H2,1-2H3. The van der Waals surface area contributed by atoms with Gasteiger partial charge in [0, 0.05) is 33.9 Å². The topological polar surface area (TPSA) is 71.4 Å². The fourth-order valence-electron chi connectivity index (χ4n) is 2.48. The molecule has 1 aliphatic rings. The van der Waals surface area contributed by atoms with E-state index in [2.05, 4.69) is 4.90 Å². The van der Waals surface area contributed by atoms with Crippen molar-refractivity contribution in [3.05, 3.63) is 24.3 Å². The lowest BCUT2D eigenvalue weighted by Gasteiger charge is -2.15. The first-order chi connectivity index (χ1) is 10.1. The van der Waals surface area contributed by atoms with Crippen molar-refractivity contribution in [3.8, 4) is 5.75 Å². The Morgan fingerprint density at radius 3 is 2.14 bits per heavy atom. The van der Waals surface area contributed by atoms with Gasteiger partial charge in [-0.1, -0.05) is 12.1 Å². The summed E-state index contributed by atoms with van der Waals surface area (Å²) in [5, 5.41) is 18.0. The van der Waals surface area contributed by atoms with Crippen LogP contribution in [-0.2, 0) is 9.47 Å². The molecule has 0 radical (unpaired) electrons. The number of ether oxygens (including phenoxy) is 3. The molecule has 0 bridgehead atoms. The minimum absolute atomic E-state index is 0.111. The number of rotatable bonds is 7. The molecule has 2 N–H and O–H groups in total. The molecule has 116 valence electrons. The van der Waals surface area contributed by atoms with Crippen molar-refractivity contribution in [2.45, 2.75) is 12.2 Å². The van der Waals surface area contributed by atoms with Crippen molar-refractivity contribution in [2.75, 3.05) is 40.5 Å². The van der Waals surface area contributed by atoms with Crippen molar-refractivity contribution in [1.82, 2.24) is 4.90 Å². The molecule has 2 unspecified atom stereocenters. The van der Waals surface area contributed by atoms with Gasteiger partial charge in [0.05, 0.1) is 12.2 Å². The predicted octanol–water partition coefficient (Wildman–Crippen LogP) is -0.909. The van der Waals surface area contributed by atoms with E-state index in [9.17, 15) is 0 Å². The number of methoxy groups -OCH3 is 2. The molecule has 2 atom stereocenters. The Hall–Kier alpha value is -1.12. The smallest absolute Gasteiger partial charge is 0.488 e. The summed E-state index contributed by atoms with van der Waals surface area (Å²) in [5.74, 6) is 0.713. The Balaban J connectivity index is 1.74. The van der Waals surface area contributed by atoms with Crippen molar-refractivity contribution in [3.63, 3.8) is 0 Å². The molecule has 1 aromatic rings. The van der Waals surface area contributed by atoms with E-state index in [-0.39, 0.29) is 12.2 Å². The van der Waals surface area contributed by atoms with Gasteiger partial charge in [-0.3, -0.25) is 4.90 Å². The average Bonchev–Trinajstić information content (AvgIpc) is 2.90. The maximum atomic E-state index is 9.02. The summed E-state index contributed by atoms with van der Waals surface area (Å²) < 4.78 is 16.4. The highest BCUT2D eigenvalue weighted by molar-refractivity contribution is 6.58. The van der Waals surface area contributed by atoms with Gasteiger partial charge in [-0.05, 0) is 17.6 Å². The molecule has 6 nitrogen and oxygen atoms in total. The molecule has 2 rings (SSSR count). The SMILES string of the molecule is COC1CN(CCOc2ccc(B(O)O)cc2)CC1OC. The van der Waals surface area contributed by atoms with Crippen LogP contribution in [0.1, 0.15) is 0 Å². The number of hydrogen-bond acceptors (Lipinski definition) is 6. The third-order valence-corrected chi connectivity index (χ3v) is 3.75. The Morgan fingerprint density at radius 2 is 1.67 bits per heavy atom. The molecule has 0 aliphatic carbocycles. The Kier molecular flexibility index (Phi) is 6.01. The van der Waals surface area contributed by atoms with Crippen LogP contribution in [0.15, 0.2) is 24.3 Å². The Labute approximate surface area is 125 Å². The second-order valence-corrected chi connectivity index (χ2v) is 5.10. The minimum atomic E-state index is -1.44. The minimum Gasteiger partial charge on any atom is -0.492 e. The van der Waals surface area contributed by atoms with E-state index in [1.54, 1.807) is 38.5 Å². The van der Waals surface area contributed by atoms with Gasteiger partial charge in [-0.2, -0.15) is 0 Å². The first-order valence-corrected chi connectivity index (χ1v) is 7.01. The highest BCUT2D eigenvalue weighted by Gasteiger charge is 2.32. The van der Waals surface area contributed by atoms with Crippen LogP contribution in [0, 0.1) is 0 Å². The summed E-state index contributed by atoms with van der Waals surface area (Å²) in [4.78, 5) is 2.24. The zero-order chi connectivity index (χ0) is 15.2. The second kappa shape index (κ2) is 7.77. The van der Waals surface area contributed by atoms with E-state index < -0.39 is 7.12 Å². The quantitative estimate of drug-likeness (QED) is 0.635. The van der Waals surface area contributed by atoms with Gasteiger partial charge in [-0.25, -0.2) is 0 Å². The predicted molar refractivity (Wildman–Crippen MR) is 79.8 cm³/mol. The monoisotopic (exact) mass is 295 g/mol. The Morgan fingerprint density at radius 1 is 1.10 bits per heavy atom. The average molecular weight is 295 g/mol. The first-order valence-electron chi connectivity index (χ1n) is 7.01.